The van der Waals surface area contributed by atoms with Gasteiger partial charge >= 0.3 is 5.97 Å². The van der Waals surface area contributed by atoms with E-state index in [9.17, 15) is 18.8 Å². The zero-order valence-electron chi connectivity index (χ0n) is 15.6. The van der Waals surface area contributed by atoms with E-state index in [0.717, 1.165) is 25.7 Å². The minimum Gasteiger partial charge on any atom is -0.455 e. The van der Waals surface area contributed by atoms with E-state index in [4.69, 9.17) is 4.74 Å². The van der Waals surface area contributed by atoms with Crippen LogP contribution in [0.2, 0.25) is 0 Å². The molecular formula is C20H25FN2O4. The number of carbonyl (C=O) groups is 3. The van der Waals surface area contributed by atoms with Gasteiger partial charge in [0.05, 0.1) is 5.92 Å². The van der Waals surface area contributed by atoms with Crippen molar-refractivity contribution in [2.75, 3.05) is 31.1 Å². The Labute approximate surface area is 158 Å². The summed E-state index contributed by atoms with van der Waals surface area (Å²) in [6.07, 6.45) is 4.18. The lowest BCUT2D eigenvalue weighted by atomic mass is 10.1. The van der Waals surface area contributed by atoms with Crippen molar-refractivity contribution in [3.63, 3.8) is 0 Å². The van der Waals surface area contributed by atoms with Crippen molar-refractivity contribution in [3.8, 4) is 0 Å². The quantitative estimate of drug-likeness (QED) is 0.757. The van der Waals surface area contributed by atoms with Crippen molar-refractivity contribution in [2.45, 2.75) is 39.0 Å². The number of carbonyl (C=O) groups excluding carboxylic acids is 3. The van der Waals surface area contributed by atoms with Crippen LogP contribution in [0.3, 0.4) is 0 Å². The van der Waals surface area contributed by atoms with Crippen LogP contribution in [0.5, 0.6) is 0 Å². The molecule has 0 N–H and O–H groups in total. The molecule has 1 aromatic carbocycles. The normalized spacial score (nSPS) is 20.5. The lowest BCUT2D eigenvalue weighted by Crippen LogP contribution is -2.36. The molecule has 0 saturated carbocycles. The van der Waals surface area contributed by atoms with Gasteiger partial charge in [-0.15, -0.1) is 0 Å². The molecule has 6 nitrogen and oxygen atoms in total. The minimum absolute atomic E-state index is 0.00618. The predicted molar refractivity (Wildman–Crippen MR) is 97.6 cm³/mol. The third-order valence-corrected chi connectivity index (χ3v) is 5.22. The van der Waals surface area contributed by atoms with Crippen molar-refractivity contribution in [1.82, 2.24) is 4.90 Å². The monoisotopic (exact) mass is 376 g/mol. The van der Waals surface area contributed by atoms with Gasteiger partial charge in [-0.2, -0.15) is 0 Å². The van der Waals surface area contributed by atoms with E-state index in [0.29, 0.717) is 24.3 Å². The molecule has 1 unspecified atom stereocenters. The molecule has 0 aliphatic carbocycles. The van der Waals surface area contributed by atoms with Gasteiger partial charge in [0, 0.05) is 31.7 Å². The zero-order valence-corrected chi connectivity index (χ0v) is 15.6. The smallest absolute Gasteiger partial charge is 0.311 e. The van der Waals surface area contributed by atoms with Crippen molar-refractivity contribution in [1.29, 1.82) is 0 Å². The highest BCUT2D eigenvalue weighted by atomic mass is 19.1. The molecule has 3 rings (SSSR count). The first kappa shape index (κ1) is 19.3. The fraction of sp³-hybridized carbons (Fsp3) is 0.550. The number of esters is 1. The second kappa shape index (κ2) is 8.50. The number of hydrogen-bond acceptors (Lipinski definition) is 4. The number of halogens is 1. The van der Waals surface area contributed by atoms with Gasteiger partial charge in [-0.3, -0.25) is 14.4 Å². The number of aryl methyl sites for hydroxylation is 1. The summed E-state index contributed by atoms with van der Waals surface area (Å²) in [5.74, 6) is -2.03. The second-order valence-electron chi connectivity index (χ2n) is 7.24. The molecule has 2 aliphatic heterocycles. The van der Waals surface area contributed by atoms with Crippen molar-refractivity contribution < 1.29 is 23.5 Å². The highest BCUT2D eigenvalue weighted by Crippen LogP contribution is 2.27. The maximum Gasteiger partial charge on any atom is 0.311 e. The number of likely N-dealkylation sites (tertiary alicyclic amines) is 1. The molecule has 27 heavy (non-hydrogen) atoms. The molecule has 2 heterocycles. The molecule has 2 saturated heterocycles. The van der Waals surface area contributed by atoms with Crippen LogP contribution in [0.25, 0.3) is 0 Å². The summed E-state index contributed by atoms with van der Waals surface area (Å²) in [5.41, 5.74) is 0.924. The predicted octanol–water partition coefficient (Wildman–Crippen LogP) is 2.43. The van der Waals surface area contributed by atoms with Crippen molar-refractivity contribution in [2.24, 2.45) is 5.92 Å². The summed E-state index contributed by atoms with van der Waals surface area (Å²) < 4.78 is 18.9. The average molecular weight is 376 g/mol. The molecule has 0 aromatic heterocycles. The van der Waals surface area contributed by atoms with E-state index in [1.807, 2.05) is 0 Å². The lowest BCUT2D eigenvalue weighted by molar-refractivity contribution is -0.155. The molecule has 2 fully saturated rings. The van der Waals surface area contributed by atoms with Gasteiger partial charge in [-0.05, 0) is 37.5 Å². The highest BCUT2D eigenvalue weighted by molar-refractivity contribution is 5.99. The number of amides is 2. The molecule has 0 radical (unpaired) electrons. The lowest BCUT2D eigenvalue weighted by Gasteiger charge is -2.20. The van der Waals surface area contributed by atoms with E-state index >= 15 is 0 Å². The highest BCUT2D eigenvalue weighted by Gasteiger charge is 2.36. The van der Waals surface area contributed by atoms with Gasteiger partial charge in [0.15, 0.2) is 6.61 Å². The molecular weight excluding hydrogens is 351 g/mol. The number of nitrogens with zero attached hydrogens (tertiary/aromatic N) is 2. The van der Waals surface area contributed by atoms with Crippen LogP contribution in [0, 0.1) is 18.7 Å². The fourth-order valence-corrected chi connectivity index (χ4v) is 3.53. The van der Waals surface area contributed by atoms with Crippen LogP contribution < -0.4 is 4.90 Å². The minimum atomic E-state index is -0.640. The van der Waals surface area contributed by atoms with Crippen LogP contribution in [0.15, 0.2) is 18.2 Å². The van der Waals surface area contributed by atoms with Crippen LogP contribution in [0.4, 0.5) is 10.1 Å². The van der Waals surface area contributed by atoms with Crippen LogP contribution in [-0.2, 0) is 19.1 Å². The zero-order chi connectivity index (χ0) is 19.4. The maximum absolute atomic E-state index is 13.8. The van der Waals surface area contributed by atoms with Gasteiger partial charge < -0.3 is 14.5 Å². The molecule has 1 atom stereocenters. The Balaban J connectivity index is 1.54. The molecule has 1 aromatic rings. The van der Waals surface area contributed by atoms with Gasteiger partial charge in [-0.25, -0.2) is 4.39 Å². The summed E-state index contributed by atoms with van der Waals surface area (Å²) in [6, 6.07) is 4.56. The largest absolute Gasteiger partial charge is 0.455 e. The van der Waals surface area contributed by atoms with E-state index < -0.39 is 17.7 Å². The van der Waals surface area contributed by atoms with Gasteiger partial charge in [0.1, 0.15) is 5.82 Å². The van der Waals surface area contributed by atoms with Crippen LogP contribution in [-0.4, -0.2) is 48.9 Å². The number of anilines is 1. The van der Waals surface area contributed by atoms with E-state index in [1.54, 1.807) is 24.0 Å². The molecule has 2 amide bonds. The Bertz CT molecular complexity index is 729. The number of benzene rings is 1. The van der Waals surface area contributed by atoms with Gasteiger partial charge in [0.25, 0.3) is 5.91 Å². The van der Waals surface area contributed by atoms with Gasteiger partial charge in [0.2, 0.25) is 5.91 Å². The third kappa shape index (κ3) is 4.64. The van der Waals surface area contributed by atoms with Crippen LogP contribution >= 0.6 is 0 Å². The number of hydrogen-bond donors (Lipinski definition) is 0. The Morgan fingerprint density at radius 2 is 1.89 bits per heavy atom. The van der Waals surface area contributed by atoms with E-state index in [2.05, 4.69) is 0 Å². The Hall–Kier alpha value is -2.44. The number of ether oxygens (including phenoxy) is 1. The summed E-state index contributed by atoms with van der Waals surface area (Å²) >= 11 is 0. The maximum atomic E-state index is 13.8. The summed E-state index contributed by atoms with van der Waals surface area (Å²) in [6.45, 7) is 2.89. The Morgan fingerprint density at radius 3 is 2.56 bits per heavy atom. The molecule has 146 valence electrons. The first-order valence-electron chi connectivity index (χ1n) is 9.46. The summed E-state index contributed by atoms with van der Waals surface area (Å²) in [5, 5.41) is 0. The van der Waals surface area contributed by atoms with E-state index in [1.165, 1.54) is 11.0 Å². The average Bonchev–Trinajstić information content (AvgIpc) is 2.86. The summed E-state index contributed by atoms with van der Waals surface area (Å²) in [4.78, 5) is 39.9. The SMILES string of the molecule is Cc1ccc(N2CC(C(=O)OCC(=O)N3CCCCCC3)CC2=O)cc1F. The molecule has 2 aliphatic rings. The Kier molecular flexibility index (Phi) is 6.08. The summed E-state index contributed by atoms with van der Waals surface area (Å²) in [7, 11) is 0. The second-order valence-corrected chi connectivity index (χ2v) is 7.24. The van der Waals surface area contributed by atoms with Crippen LogP contribution in [0.1, 0.15) is 37.7 Å². The molecule has 0 bridgehead atoms. The first-order chi connectivity index (χ1) is 13.0. The molecule has 7 heteroatoms. The van der Waals surface area contributed by atoms with Crippen molar-refractivity contribution in [3.05, 3.63) is 29.6 Å². The van der Waals surface area contributed by atoms with Gasteiger partial charge in [-0.1, -0.05) is 18.9 Å². The standard InChI is InChI=1S/C20H25FN2O4/c1-14-6-7-16(11-17(14)21)23-12-15(10-18(23)24)20(26)27-13-19(25)22-8-4-2-3-5-9-22/h6-7,11,15H,2-5,8-10,12-13H2,1H3. The topological polar surface area (TPSA) is 66.9 Å². The number of rotatable bonds is 4. The fourth-order valence-electron chi connectivity index (χ4n) is 3.53. The van der Waals surface area contributed by atoms with Crippen molar-refractivity contribution >= 4 is 23.5 Å². The molecule has 0 spiro atoms. The third-order valence-electron chi connectivity index (χ3n) is 5.22. The van der Waals surface area contributed by atoms with E-state index in [-0.39, 0.29) is 31.4 Å². The first-order valence-corrected chi connectivity index (χ1v) is 9.46. The Morgan fingerprint density at radius 1 is 1.19 bits per heavy atom.